The van der Waals surface area contributed by atoms with Gasteiger partial charge in [0.05, 0.1) is 11.7 Å². The monoisotopic (exact) mass is 798 g/mol. The maximum absolute atomic E-state index is 7.37. The van der Waals surface area contributed by atoms with Crippen LogP contribution in [0.25, 0.3) is 55.7 Å². The van der Waals surface area contributed by atoms with Crippen LogP contribution in [0.2, 0.25) is 0 Å². The maximum atomic E-state index is 7.37. The van der Waals surface area contributed by atoms with Gasteiger partial charge in [0.25, 0.3) is 0 Å². The van der Waals surface area contributed by atoms with Crippen LogP contribution >= 0.6 is 0 Å². The molecule has 0 amide bonds. The molecule has 7 aromatic rings. The quantitative estimate of drug-likeness (QED) is 0.152. The highest BCUT2D eigenvalue weighted by Crippen LogP contribution is 2.53. The molecule has 4 heteroatoms. The molecule has 62 heavy (non-hydrogen) atoms. The van der Waals surface area contributed by atoms with E-state index < -0.39 is 0 Å². The van der Waals surface area contributed by atoms with Crippen molar-refractivity contribution in [1.82, 2.24) is 0 Å². The summed E-state index contributed by atoms with van der Waals surface area (Å²) in [5.74, 6) is 0.349. The Bertz CT molecular complexity index is 3150. The van der Waals surface area contributed by atoms with Crippen LogP contribution < -0.4 is 21.7 Å². The SMILES string of the molecule is C=C1/C=C2/CCc3c(N)c(-c4cccc(-c5ccc(N)c(-c6ccccc6)c5)c4)cc4c3C2=C(CC4)N(c2ccccc2)c2ccc(-c3ccc4c(c3)C3C=CC=CC3N4)cc21. The van der Waals surface area contributed by atoms with Gasteiger partial charge in [-0.05, 0) is 153 Å². The first-order valence-electron chi connectivity index (χ1n) is 21.9. The van der Waals surface area contributed by atoms with Crippen LogP contribution in [0.1, 0.15) is 46.6 Å². The number of hydrogen-bond acceptors (Lipinski definition) is 4. The van der Waals surface area contributed by atoms with Crippen LogP contribution in [-0.4, -0.2) is 6.04 Å². The van der Waals surface area contributed by atoms with E-state index in [-0.39, 0.29) is 0 Å². The van der Waals surface area contributed by atoms with Gasteiger partial charge in [-0.15, -0.1) is 0 Å². The third kappa shape index (κ3) is 5.82. The van der Waals surface area contributed by atoms with E-state index in [4.69, 9.17) is 18.0 Å². The number of nitrogens with zero attached hydrogens (tertiary/aromatic N) is 1. The van der Waals surface area contributed by atoms with Gasteiger partial charge in [0.1, 0.15) is 0 Å². The number of aryl methyl sites for hydroxylation is 1. The maximum Gasteiger partial charge on any atom is 0.0551 e. The zero-order valence-electron chi connectivity index (χ0n) is 34.5. The molecule has 2 atom stereocenters. The minimum atomic E-state index is 0.314. The van der Waals surface area contributed by atoms with Crippen LogP contribution in [-0.2, 0) is 12.8 Å². The summed E-state index contributed by atoms with van der Waals surface area (Å²) in [6.07, 6.45) is 14.9. The molecule has 12 rings (SSSR count). The van der Waals surface area contributed by atoms with Gasteiger partial charge in [0.2, 0.25) is 0 Å². The summed E-state index contributed by atoms with van der Waals surface area (Å²) in [5.41, 5.74) is 39.6. The van der Waals surface area contributed by atoms with Crippen molar-refractivity contribution in [2.75, 3.05) is 21.7 Å². The summed E-state index contributed by atoms with van der Waals surface area (Å²) >= 11 is 0. The molecule has 0 radical (unpaired) electrons. The van der Waals surface area contributed by atoms with Crippen molar-refractivity contribution < 1.29 is 0 Å². The lowest BCUT2D eigenvalue weighted by atomic mass is 9.72. The lowest BCUT2D eigenvalue weighted by molar-refractivity contribution is 0.805. The van der Waals surface area contributed by atoms with Crippen molar-refractivity contribution in [3.05, 3.63) is 222 Å². The first kappa shape index (κ1) is 36.3. The summed E-state index contributed by atoms with van der Waals surface area (Å²) < 4.78 is 0. The van der Waals surface area contributed by atoms with Gasteiger partial charge in [-0.2, -0.15) is 0 Å². The first-order valence-corrected chi connectivity index (χ1v) is 21.9. The second-order valence-electron chi connectivity index (χ2n) is 17.3. The number of nitrogens with two attached hydrogens (primary N) is 2. The Morgan fingerprint density at radius 3 is 2.15 bits per heavy atom. The Kier molecular flexibility index (Phi) is 8.36. The zero-order valence-corrected chi connectivity index (χ0v) is 34.5. The third-order valence-electron chi connectivity index (χ3n) is 13.8. The van der Waals surface area contributed by atoms with Crippen LogP contribution in [0.4, 0.5) is 28.4 Å². The molecule has 0 fully saturated rings. The molecule has 2 heterocycles. The summed E-state index contributed by atoms with van der Waals surface area (Å²) in [4.78, 5) is 2.52. The summed E-state index contributed by atoms with van der Waals surface area (Å²) in [6, 6.07) is 53.0. The number of hydrogen-bond donors (Lipinski definition) is 3. The van der Waals surface area contributed by atoms with Gasteiger partial charge in [0.15, 0.2) is 0 Å². The molecular weight excluding hydrogens is 753 g/mol. The van der Waals surface area contributed by atoms with E-state index in [9.17, 15) is 0 Å². The minimum Gasteiger partial charge on any atom is -0.398 e. The minimum absolute atomic E-state index is 0.314. The number of rotatable bonds is 5. The van der Waals surface area contributed by atoms with E-state index in [2.05, 4.69) is 174 Å². The Labute approximate surface area is 363 Å². The fraction of sp³-hybridized carbons (Fsp3) is 0.103. The van der Waals surface area contributed by atoms with E-state index in [0.29, 0.717) is 12.0 Å². The molecule has 7 aromatic carbocycles. The van der Waals surface area contributed by atoms with Crippen molar-refractivity contribution in [3.63, 3.8) is 0 Å². The highest BCUT2D eigenvalue weighted by molar-refractivity contribution is 6.01. The molecule has 0 saturated carbocycles. The second-order valence-corrected chi connectivity index (χ2v) is 17.3. The van der Waals surface area contributed by atoms with Crippen LogP contribution in [0, 0.1) is 0 Å². The summed E-state index contributed by atoms with van der Waals surface area (Å²) in [5, 5.41) is 3.71. The standard InChI is InChI=1S/C58H46N4/c1-35-29-42-19-24-46-56-43(34-49(58(46)60)41-14-10-13-37(30-41)38-20-25-51(59)48(32-38)36-11-4-2-5-12-36)23-28-55(57(42)56)62(44-15-6-3-7-16-44)54-27-22-40(31-47(35)54)39-21-26-53-50(33-39)45-17-8-9-18-52(45)61-53/h2-18,20-22,25-27,29-34,45,52,61H,1,19,23-24,28,59-60H2/b42-29-. The van der Waals surface area contributed by atoms with Crippen molar-refractivity contribution >= 4 is 39.6 Å². The molecule has 0 saturated heterocycles. The largest absolute Gasteiger partial charge is 0.398 e. The average molecular weight is 799 g/mol. The first-order chi connectivity index (χ1) is 30.5. The smallest absolute Gasteiger partial charge is 0.0551 e. The number of nitrogens with one attached hydrogen (secondary N) is 1. The van der Waals surface area contributed by atoms with Crippen LogP contribution in [0.5, 0.6) is 0 Å². The van der Waals surface area contributed by atoms with E-state index >= 15 is 0 Å². The Morgan fingerprint density at radius 2 is 1.29 bits per heavy atom. The number of nitrogen functional groups attached to an aromatic ring is 2. The van der Waals surface area contributed by atoms with Gasteiger partial charge in [-0.25, -0.2) is 0 Å². The number of anilines is 5. The van der Waals surface area contributed by atoms with Crippen LogP contribution in [0.3, 0.4) is 0 Å². The predicted molar refractivity (Wildman–Crippen MR) is 261 cm³/mol. The van der Waals surface area contributed by atoms with E-state index in [0.717, 1.165) is 93.0 Å². The number of fused-ring (bicyclic) bond motifs is 4. The second kappa shape index (κ2) is 14.3. The van der Waals surface area contributed by atoms with Gasteiger partial charge >= 0.3 is 0 Å². The van der Waals surface area contributed by atoms with Crippen molar-refractivity contribution in [2.45, 2.75) is 37.6 Å². The fourth-order valence-corrected chi connectivity index (χ4v) is 10.8. The molecule has 0 spiro atoms. The number of allylic oxidation sites excluding steroid dienone is 7. The predicted octanol–water partition coefficient (Wildman–Crippen LogP) is 13.9. The van der Waals surface area contributed by atoms with E-state index in [1.165, 1.54) is 55.9 Å². The van der Waals surface area contributed by atoms with Crippen molar-refractivity contribution in [2.24, 2.45) is 0 Å². The molecule has 2 aliphatic heterocycles. The third-order valence-corrected chi connectivity index (χ3v) is 13.8. The normalized spacial score (nSPS) is 18.7. The lowest BCUT2D eigenvalue weighted by Gasteiger charge is -2.40. The lowest BCUT2D eigenvalue weighted by Crippen LogP contribution is -2.26. The molecular formula is C58H46N4. The van der Waals surface area contributed by atoms with Crippen molar-refractivity contribution in [3.8, 4) is 44.5 Å². The van der Waals surface area contributed by atoms with Crippen LogP contribution in [0.15, 0.2) is 194 Å². The van der Waals surface area contributed by atoms with Gasteiger partial charge in [-0.1, -0.05) is 122 Å². The Morgan fingerprint density at radius 1 is 0.581 bits per heavy atom. The molecule has 2 unspecified atom stereocenters. The zero-order chi connectivity index (χ0) is 41.5. The molecule has 0 bridgehead atoms. The number of benzene rings is 7. The fourth-order valence-electron chi connectivity index (χ4n) is 10.8. The number of para-hydroxylation sites is 1. The van der Waals surface area contributed by atoms with Crippen molar-refractivity contribution in [1.29, 1.82) is 0 Å². The molecule has 4 nitrogen and oxygen atoms in total. The molecule has 0 aromatic heterocycles. The van der Waals surface area contributed by atoms with Gasteiger partial charge in [-0.3, -0.25) is 0 Å². The van der Waals surface area contributed by atoms with Gasteiger partial charge < -0.3 is 21.7 Å². The Hall–Kier alpha value is -7.56. The molecule has 3 aliphatic carbocycles. The molecule has 5 N–H and O–H groups in total. The summed E-state index contributed by atoms with van der Waals surface area (Å²) in [6.45, 7) is 4.79. The Balaban J connectivity index is 0.965. The average Bonchev–Trinajstić information content (AvgIpc) is 3.69. The highest BCUT2D eigenvalue weighted by atomic mass is 15.2. The highest BCUT2D eigenvalue weighted by Gasteiger charge is 2.36. The topological polar surface area (TPSA) is 67.3 Å². The summed E-state index contributed by atoms with van der Waals surface area (Å²) in [7, 11) is 0. The van der Waals surface area contributed by atoms with E-state index in [1.807, 2.05) is 12.1 Å². The van der Waals surface area contributed by atoms with E-state index in [1.54, 1.807) is 0 Å². The van der Waals surface area contributed by atoms with Gasteiger partial charge in [0, 0.05) is 56.6 Å². The molecule has 5 aliphatic rings. The molecule has 298 valence electrons.